The van der Waals surface area contributed by atoms with Gasteiger partial charge >= 0.3 is 0 Å². The summed E-state index contributed by atoms with van der Waals surface area (Å²) in [4.78, 5) is 23.5. The van der Waals surface area contributed by atoms with E-state index in [-0.39, 0.29) is 29.3 Å². The van der Waals surface area contributed by atoms with Gasteiger partial charge in [0.25, 0.3) is 0 Å². The molecular weight excluding hydrogens is 381 g/mol. The van der Waals surface area contributed by atoms with E-state index in [0.717, 1.165) is 5.56 Å². The van der Waals surface area contributed by atoms with Crippen molar-refractivity contribution in [1.82, 2.24) is 20.1 Å². The second-order valence-electron chi connectivity index (χ2n) is 6.97. The zero-order chi connectivity index (χ0) is 20.7. The normalized spacial score (nSPS) is 12.2. The average molecular weight is 408 g/mol. The average Bonchev–Trinajstić information content (AvgIpc) is 3.00. The quantitative estimate of drug-likeness (QED) is 0.588. The third-order valence-corrected chi connectivity index (χ3v) is 5.05. The molecule has 1 atom stereocenters. The smallest absolute Gasteiger partial charge is 0.233 e. The van der Waals surface area contributed by atoms with Crippen LogP contribution in [0.25, 0.3) is 0 Å². The minimum atomic E-state index is -0.389. The van der Waals surface area contributed by atoms with Gasteiger partial charge < -0.3 is 15.6 Å². The highest BCUT2D eigenvalue weighted by molar-refractivity contribution is 8.00. The molecule has 28 heavy (non-hydrogen) atoms. The van der Waals surface area contributed by atoms with Gasteiger partial charge in [-0.2, -0.15) is 0 Å². The van der Waals surface area contributed by atoms with Crippen LogP contribution in [0.15, 0.2) is 29.4 Å². The van der Waals surface area contributed by atoms with Crippen molar-refractivity contribution in [3.8, 4) is 0 Å². The topological polar surface area (TPSA) is 103 Å². The molecule has 0 aliphatic heterocycles. The second-order valence-corrected chi connectivity index (χ2v) is 8.28. The first-order valence-electron chi connectivity index (χ1n) is 9.15. The molecule has 0 saturated carbocycles. The van der Waals surface area contributed by atoms with E-state index in [1.54, 1.807) is 19.1 Å². The fraction of sp³-hybridized carbons (Fsp3) is 0.474. The summed E-state index contributed by atoms with van der Waals surface area (Å²) in [6.07, 6.45) is 0.620. The van der Waals surface area contributed by atoms with Gasteiger partial charge in [-0.05, 0) is 30.5 Å². The number of nitrogens with one attached hydrogen (secondary N) is 1. The number of amides is 2. The molecule has 1 aromatic carbocycles. The predicted molar refractivity (Wildman–Crippen MR) is 106 cm³/mol. The Labute approximate surface area is 168 Å². The molecule has 0 aliphatic carbocycles. The Morgan fingerprint density at radius 1 is 1.21 bits per heavy atom. The van der Waals surface area contributed by atoms with Crippen molar-refractivity contribution in [2.45, 2.75) is 57.1 Å². The van der Waals surface area contributed by atoms with E-state index in [1.165, 1.54) is 23.9 Å². The van der Waals surface area contributed by atoms with Gasteiger partial charge in [-0.25, -0.2) is 4.39 Å². The van der Waals surface area contributed by atoms with E-state index in [0.29, 0.717) is 36.4 Å². The van der Waals surface area contributed by atoms with E-state index >= 15 is 0 Å². The lowest BCUT2D eigenvalue weighted by atomic mass is 10.2. The fourth-order valence-electron chi connectivity index (χ4n) is 2.52. The summed E-state index contributed by atoms with van der Waals surface area (Å²) in [6, 6.07) is 6.00. The van der Waals surface area contributed by atoms with Crippen LogP contribution in [0.4, 0.5) is 4.39 Å². The number of aryl methyl sites for hydroxylation is 1. The molecule has 2 aromatic rings. The van der Waals surface area contributed by atoms with Crippen LogP contribution in [0.2, 0.25) is 0 Å². The molecule has 1 unspecified atom stereocenters. The van der Waals surface area contributed by atoms with Crippen LogP contribution >= 0.6 is 11.8 Å². The summed E-state index contributed by atoms with van der Waals surface area (Å²) in [5, 5.41) is 11.5. The van der Waals surface area contributed by atoms with E-state index in [9.17, 15) is 14.0 Å². The van der Waals surface area contributed by atoms with E-state index < -0.39 is 0 Å². The molecule has 2 amide bonds. The van der Waals surface area contributed by atoms with Gasteiger partial charge in [-0.1, -0.05) is 37.7 Å². The highest BCUT2D eigenvalue weighted by Crippen LogP contribution is 2.24. The number of thioether (sulfide) groups is 1. The van der Waals surface area contributed by atoms with Crippen molar-refractivity contribution >= 4 is 23.6 Å². The molecule has 0 fully saturated rings. The Hall–Kier alpha value is -2.42. The van der Waals surface area contributed by atoms with Crippen LogP contribution in [0, 0.1) is 11.7 Å². The van der Waals surface area contributed by atoms with Crippen molar-refractivity contribution in [3.63, 3.8) is 0 Å². The number of primary amides is 1. The number of hydrogen-bond donors (Lipinski definition) is 2. The number of halogens is 1. The van der Waals surface area contributed by atoms with Gasteiger partial charge in [0.2, 0.25) is 11.8 Å². The van der Waals surface area contributed by atoms with Gasteiger partial charge in [0.05, 0.1) is 5.25 Å². The Morgan fingerprint density at radius 3 is 2.50 bits per heavy atom. The SMILES string of the molecule is CC(C)Cn1c(CCC(N)=O)nnc1SC(C)C(=O)NCc1ccc(F)cc1. The van der Waals surface area contributed by atoms with Gasteiger partial charge in [0, 0.05) is 25.9 Å². The number of aromatic nitrogens is 3. The van der Waals surface area contributed by atoms with Crippen LogP contribution < -0.4 is 11.1 Å². The number of hydrogen-bond acceptors (Lipinski definition) is 5. The number of carbonyl (C=O) groups is 2. The first-order valence-corrected chi connectivity index (χ1v) is 10.0. The minimum Gasteiger partial charge on any atom is -0.370 e. The maximum atomic E-state index is 13.0. The van der Waals surface area contributed by atoms with Crippen LogP contribution in [-0.2, 0) is 29.1 Å². The molecule has 3 N–H and O–H groups in total. The van der Waals surface area contributed by atoms with Gasteiger partial charge in [-0.15, -0.1) is 10.2 Å². The summed E-state index contributed by atoms with van der Waals surface area (Å²) < 4.78 is 14.9. The molecular formula is C19H26FN5O2S. The summed E-state index contributed by atoms with van der Waals surface area (Å²) in [5.74, 6) is 0.198. The fourth-order valence-corrected chi connectivity index (χ4v) is 3.42. The van der Waals surface area contributed by atoms with Crippen molar-refractivity contribution in [2.75, 3.05) is 0 Å². The highest BCUT2D eigenvalue weighted by Gasteiger charge is 2.20. The lowest BCUT2D eigenvalue weighted by Crippen LogP contribution is -2.30. The summed E-state index contributed by atoms with van der Waals surface area (Å²) in [5.41, 5.74) is 6.06. The second kappa shape index (κ2) is 10.2. The molecule has 0 aliphatic rings. The van der Waals surface area contributed by atoms with Crippen molar-refractivity contribution in [1.29, 1.82) is 0 Å². The predicted octanol–water partition coefficient (Wildman–Crippen LogP) is 2.29. The number of carbonyl (C=O) groups excluding carboxylic acids is 2. The van der Waals surface area contributed by atoms with E-state index in [1.807, 2.05) is 4.57 Å². The molecule has 0 radical (unpaired) electrons. The summed E-state index contributed by atoms with van der Waals surface area (Å²) in [7, 11) is 0. The van der Waals surface area contributed by atoms with Crippen molar-refractivity contribution in [2.24, 2.45) is 11.7 Å². The molecule has 2 rings (SSSR count). The maximum Gasteiger partial charge on any atom is 0.233 e. The molecule has 1 aromatic heterocycles. The van der Waals surface area contributed by atoms with Crippen LogP contribution in [0.1, 0.15) is 38.6 Å². The van der Waals surface area contributed by atoms with Gasteiger partial charge in [0.1, 0.15) is 11.6 Å². The number of rotatable bonds is 10. The molecule has 0 bridgehead atoms. The van der Waals surface area contributed by atoms with Crippen molar-refractivity contribution < 1.29 is 14.0 Å². The zero-order valence-corrected chi connectivity index (χ0v) is 17.1. The maximum absolute atomic E-state index is 13.0. The van der Waals surface area contributed by atoms with Gasteiger partial charge in [0.15, 0.2) is 5.16 Å². The molecule has 0 saturated heterocycles. The standard InChI is InChI=1S/C19H26FN5O2S/c1-12(2)11-25-17(9-8-16(21)26)23-24-19(25)28-13(3)18(27)22-10-14-4-6-15(20)7-5-14/h4-7,12-13H,8-11H2,1-3H3,(H2,21,26)(H,22,27). The Bertz CT molecular complexity index is 807. The zero-order valence-electron chi connectivity index (χ0n) is 16.3. The molecule has 0 spiro atoms. The van der Waals surface area contributed by atoms with Crippen LogP contribution in [0.3, 0.4) is 0 Å². The minimum absolute atomic E-state index is 0.146. The number of nitrogens with zero attached hydrogens (tertiary/aromatic N) is 3. The number of benzene rings is 1. The Kier molecular flexibility index (Phi) is 7.98. The Morgan fingerprint density at radius 2 is 1.89 bits per heavy atom. The molecule has 9 heteroatoms. The molecule has 1 heterocycles. The molecule has 7 nitrogen and oxygen atoms in total. The third kappa shape index (κ3) is 6.63. The summed E-state index contributed by atoms with van der Waals surface area (Å²) in [6.45, 7) is 6.96. The van der Waals surface area contributed by atoms with E-state index in [2.05, 4.69) is 29.4 Å². The van der Waals surface area contributed by atoms with Crippen molar-refractivity contribution in [3.05, 3.63) is 41.5 Å². The largest absolute Gasteiger partial charge is 0.370 e. The van der Waals surface area contributed by atoms with E-state index in [4.69, 9.17) is 5.73 Å². The monoisotopic (exact) mass is 407 g/mol. The lowest BCUT2D eigenvalue weighted by molar-refractivity contribution is -0.120. The van der Waals surface area contributed by atoms with Gasteiger partial charge in [-0.3, -0.25) is 9.59 Å². The molecule has 152 valence electrons. The highest BCUT2D eigenvalue weighted by atomic mass is 32.2. The lowest BCUT2D eigenvalue weighted by Gasteiger charge is -2.15. The summed E-state index contributed by atoms with van der Waals surface area (Å²) >= 11 is 1.31. The first-order chi connectivity index (χ1) is 13.3. The third-order valence-electron chi connectivity index (χ3n) is 3.97. The Balaban J connectivity index is 2.00. The van der Waals surface area contributed by atoms with Crippen LogP contribution in [0.5, 0.6) is 0 Å². The number of nitrogens with two attached hydrogens (primary N) is 1. The van der Waals surface area contributed by atoms with Crippen LogP contribution in [-0.4, -0.2) is 31.8 Å². The first kappa shape index (κ1) is 21.9.